The number of carbonyl (C=O) groups is 1. The van der Waals surface area contributed by atoms with Gasteiger partial charge in [-0.05, 0) is 29.8 Å². The number of rotatable bonds is 6. The Morgan fingerprint density at radius 2 is 1.96 bits per heavy atom. The normalized spacial score (nSPS) is 10.3. The number of aromatic nitrogens is 2. The van der Waals surface area contributed by atoms with Crippen LogP contribution in [0.25, 0.3) is 11.4 Å². The van der Waals surface area contributed by atoms with Crippen molar-refractivity contribution in [3.8, 4) is 22.9 Å². The number of methoxy groups -OCH3 is 2. The van der Waals surface area contributed by atoms with E-state index < -0.39 is 0 Å². The lowest BCUT2D eigenvalue weighted by molar-refractivity contribution is -0.115. The zero-order valence-electron chi connectivity index (χ0n) is 14.1. The van der Waals surface area contributed by atoms with Crippen molar-refractivity contribution in [2.75, 3.05) is 19.5 Å². The van der Waals surface area contributed by atoms with E-state index >= 15 is 0 Å². The lowest BCUT2D eigenvalue weighted by atomic mass is 10.1. The fourth-order valence-electron chi connectivity index (χ4n) is 2.55. The molecule has 0 aliphatic rings. The molecular weight excluding hydrogens is 318 g/mol. The summed E-state index contributed by atoms with van der Waals surface area (Å²) in [5.74, 6) is 1.89. The van der Waals surface area contributed by atoms with Crippen molar-refractivity contribution in [3.05, 3.63) is 60.4 Å². The molecule has 0 radical (unpaired) electrons. The molecule has 0 atom stereocenters. The Morgan fingerprint density at radius 3 is 2.68 bits per heavy atom. The average molecular weight is 337 g/mol. The molecule has 0 aliphatic carbocycles. The highest BCUT2D eigenvalue weighted by atomic mass is 16.5. The minimum Gasteiger partial charge on any atom is -0.493 e. The lowest BCUT2D eigenvalue weighted by Crippen LogP contribution is -2.14. The molecule has 0 spiro atoms. The summed E-state index contributed by atoms with van der Waals surface area (Å²) in [6.45, 7) is 0. The quantitative estimate of drug-likeness (QED) is 0.724. The minimum atomic E-state index is -0.108. The van der Waals surface area contributed by atoms with Gasteiger partial charge in [0.2, 0.25) is 5.91 Å². The molecule has 0 bridgehead atoms. The highest BCUT2D eigenvalue weighted by Crippen LogP contribution is 2.28. The maximum atomic E-state index is 12.3. The zero-order chi connectivity index (χ0) is 17.6. The summed E-state index contributed by atoms with van der Waals surface area (Å²) < 4.78 is 10.5. The van der Waals surface area contributed by atoms with Gasteiger partial charge in [0.15, 0.2) is 11.5 Å². The fraction of sp³-hybridized carbons (Fsp3) is 0.158. The first-order valence-corrected chi connectivity index (χ1v) is 7.80. The molecule has 0 aliphatic heterocycles. The molecule has 0 saturated heterocycles. The maximum absolute atomic E-state index is 12.3. The van der Waals surface area contributed by atoms with E-state index in [0.29, 0.717) is 11.5 Å². The number of anilines is 1. The van der Waals surface area contributed by atoms with E-state index in [-0.39, 0.29) is 12.3 Å². The number of benzene rings is 2. The Hall–Kier alpha value is -3.28. The van der Waals surface area contributed by atoms with Gasteiger partial charge in [0.25, 0.3) is 0 Å². The van der Waals surface area contributed by atoms with Gasteiger partial charge in [-0.25, -0.2) is 4.98 Å². The Balaban J connectivity index is 1.70. The molecule has 1 amide bonds. The number of imidazole rings is 1. The van der Waals surface area contributed by atoms with E-state index in [1.54, 1.807) is 38.7 Å². The first-order valence-electron chi connectivity index (χ1n) is 7.80. The first-order chi connectivity index (χ1) is 12.2. The summed E-state index contributed by atoms with van der Waals surface area (Å²) >= 11 is 0. The molecule has 2 aromatic carbocycles. The van der Waals surface area contributed by atoms with E-state index in [2.05, 4.69) is 15.3 Å². The molecule has 6 heteroatoms. The molecule has 3 aromatic rings. The van der Waals surface area contributed by atoms with Gasteiger partial charge in [-0.2, -0.15) is 0 Å². The van der Waals surface area contributed by atoms with E-state index in [9.17, 15) is 4.79 Å². The summed E-state index contributed by atoms with van der Waals surface area (Å²) in [5, 5.41) is 2.91. The third kappa shape index (κ3) is 3.98. The van der Waals surface area contributed by atoms with Crippen molar-refractivity contribution in [1.29, 1.82) is 0 Å². The Bertz CT molecular complexity index is 860. The molecule has 0 fully saturated rings. The molecule has 6 nitrogen and oxygen atoms in total. The molecule has 1 aromatic heterocycles. The summed E-state index contributed by atoms with van der Waals surface area (Å²) in [6, 6.07) is 13.0. The second kappa shape index (κ2) is 7.53. The largest absolute Gasteiger partial charge is 0.493 e. The minimum absolute atomic E-state index is 0.108. The highest BCUT2D eigenvalue weighted by molar-refractivity contribution is 5.92. The molecule has 2 N–H and O–H groups in total. The van der Waals surface area contributed by atoms with E-state index in [4.69, 9.17) is 9.47 Å². The Kier molecular flexibility index (Phi) is 4.99. The SMILES string of the molecule is COc1ccc(CC(=O)Nc2cccc(-c3ncc[nH]3)c2)cc1OC. The number of aromatic amines is 1. The molecule has 0 unspecified atom stereocenters. The second-order valence-corrected chi connectivity index (χ2v) is 5.43. The van der Waals surface area contributed by atoms with Crippen LogP contribution in [0, 0.1) is 0 Å². The third-order valence-corrected chi connectivity index (χ3v) is 3.73. The van der Waals surface area contributed by atoms with Crippen LogP contribution >= 0.6 is 0 Å². The molecule has 128 valence electrons. The first kappa shape index (κ1) is 16.6. The van der Waals surface area contributed by atoms with Crippen molar-refractivity contribution in [1.82, 2.24) is 9.97 Å². The smallest absolute Gasteiger partial charge is 0.228 e. The van der Waals surface area contributed by atoms with Crippen molar-refractivity contribution in [2.24, 2.45) is 0 Å². The molecule has 3 rings (SSSR count). The average Bonchev–Trinajstić information content (AvgIpc) is 3.16. The predicted molar refractivity (Wildman–Crippen MR) is 95.9 cm³/mol. The monoisotopic (exact) mass is 337 g/mol. The Labute approximate surface area is 145 Å². The van der Waals surface area contributed by atoms with Gasteiger partial charge in [-0.3, -0.25) is 4.79 Å². The molecule has 25 heavy (non-hydrogen) atoms. The fourth-order valence-corrected chi connectivity index (χ4v) is 2.55. The van der Waals surface area contributed by atoms with Crippen molar-refractivity contribution in [2.45, 2.75) is 6.42 Å². The highest BCUT2D eigenvalue weighted by Gasteiger charge is 2.09. The number of ether oxygens (including phenoxy) is 2. The van der Waals surface area contributed by atoms with Crippen molar-refractivity contribution in [3.63, 3.8) is 0 Å². The van der Waals surface area contributed by atoms with Crippen molar-refractivity contribution < 1.29 is 14.3 Å². The van der Waals surface area contributed by atoms with Crippen LogP contribution in [0.15, 0.2) is 54.9 Å². The van der Waals surface area contributed by atoms with Crippen LogP contribution in [-0.4, -0.2) is 30.1 Å². The van der Waals surface area contributed by atoms with Crippen LogP contribution in [0.5, 0.6) is 11.5 Å². The number of carbonyl (C=O) groups excluding carboxylic acids is 1. The Morgan fingerprint density at radius 1 is 1.12 bits per heavy atom. The zero-order valence-corrected chi connectivity index (χ0v) is 14.1. The summed E-state index contributed by atoms with van der Waals surface area (Å²) in [4.78, 5) is 19.6. The van der Waals surface area contributed by atoms with Crippen LogP contribution in [0.3, 0.4) is 0 Å². The number of amides is 1. The van der Waals surface area contributed by atoms with Crippen LogP contribution in [0.4, 0.5) is 5.69 Å². The van der Waals surface area contributed by atoms with Crippen LogP contribution in [-0.2, 0) is 11.2 Å². The third-order valence-electron chi connectivity index (χ3n) is 3.73. The molecule has 0 saturated carbocycles. The van der Waals surface area contributed by atoms with Gasteiger partial charge >= 0.3 is 0 Å². The lowest BCUT2D eigenvalue weighted by Gasteiger charge is -2.10. The van der Waals surface area contributed by atoms with Crippen LogP contribution in [0.2, 0.25) is 0 Å². The van der Waals surface area contributed by atoms with Gasteiger partial charge in [-0.15, -0.1) is 0 Å². The number of hydrogen-bond donors (Lipinski definition) is 2. The van der Waals surface area contributed by atoms with Gasteiger partial charge in [-0.1, -0.05) is 18.2 Å². The van der Waals surface area contributed by atoms with Crippen molar-refractivity contribution >= 4 is 11.6 Å². The van der Waals surface area contributed by atoms with E-state index in [1.165, 1.54) is 0 Å². The van der Waals surface area contributed by atoms with E-state index in [0.717, 1.165) is 22.6 Å². The van der Waals surface area contributed by atoms with Crippen LogP contribution in [0.1, 0.15) is 5.56 Å². The van der Waals surface area contributed by atoms with Gasteiger partial charge in [0, 0.05) is 23.6 Å². The number of nitrogens with zero attached hydrogens (tertiary/aromatic N) is 1. The standard InChI is InChI=1S/C19H19N3O3/c1-24-16-7-6-13(10-17(16)25-2)11-18(23)22-15-5-3-4-14(12-15)19-20-8-9-21-19/h3-10,12H,11H2,1-2H3,(H,20,21)(H,22,23). The number of nitrogens with one attached hydrogen (secondary N) is 2. The van der Waals surface area contributed by atoms with Gasteiger partial charge in [0.05, 0.1) is 20.6 Å². The summed E-state index contributed by atoms with van der Waals surface area (Å²) in [6.07, 6.45) is 3.70. The van der Waals surface area contributed by atoms with Gasteiger partial charge < -0.3 is 19.8 Å². The van der Waals surface area contributed by atoms with E-state index in [1.807, 2.05) is 30.3 Å². The van der Waals surface area contributed by atoms with Crippen LogP contribution < -0.4 is 14.8 Å². The topological polar surface area (TPSA) is 76.2 Å². The summed E-state index contributed by atoms with van der Waals surface area (Å²) in [5.41, 5.74) is 2.48. The second-order valence-electron chi connectivity index (χ2n) is 5.43. The molecule has 1 heterocycles. The summed E-state index contributed by atoms with van der Waals surface area (Å²) in [7, 11) is 3.15. The predicted octanol–water partition coefficient (Wildman–Crippen LogP) is 3.28. The van der Waals surface area contributed by atoms with Gasteiger partial charge in [0.1, 0.15) is 5.82 Å². The maximum Gasteiger partial charge on any atom is 0.228 e. The molecular formula is C19H19N3O3. The number of hydrogen-bond acceptors (Lipinski definition) is 4. The number of H-pyrrole nitrogens is 1.